The number of hydrogen-bond acceptors (Lipinski definition) is 5. The Labute approximate surface area is 199 Å². The third-order valence-electron chi connectivity index (χ3n) is 5.23. The fourth-order valence-electron chi connectivity index (χ4n) is 3.66. The molecular weight excluding hydrogens is 495 g/mol. The maximum atomic E-state index is 5.76. The Balaban J connectivity index is 0.00000450. The summed E-state index contributed by atoms with van der Waals surface area (Å²) in [5, 5.41) is 6.98. The van der Waals surface area contributed by atoms with Crippen LogP contribution in [-0.4, -0.2) is 70.5 Å². The van der Waals surface area contributed by atoms with Gasteiger partial charge >= 0.3 is 0 Å². The number of hydrogen-bond donors (Lipinski definition) is 2. The van der Waals surface area contributed by atoms with Gasteiger partial charge in [-0.3, -0.25) is 9.89 Å². The zero-order valence-corrected chi connectivity index (χ0v) is 21.4. The minimum absolute atomic E-state index is 0. The molecule has 0 bridgehead atoms. The van der Waals surface area contributed by atoms with Crippen LogP contribution in [0.1, 0.15) is 45.2 Å². The summed E-state index contributed by atoms with van der Waals surface area (Å²) in [5.74, 6) is 2.37. The number of rotatable bonds is 11. The molecule has 1 aromatic rings. The maximum absolute atomic E-state index is 5.76. The topological polar surface area (TPSA) is 67.4 Å². The minimum atomic E-state index is 0. The normalized spacial score (nSPS) is 17.9. The van der Waals surface area contributed by atoms with Crippen molar-refractivity contribution in [2.24, 2.45) is 4.99 Å². The molecule has 1 saturated heterocycles. The molecule has 8 heteroatoms. The second-order valence-electron chi connectivity index (χ2n) is 7.22. The van der Waals surface area contributed by atoms with Gasteiger partial charge in [0, 0.05) is 33.3 Å². The molecule has 7 nitrogen and oxygen atoms in total. The average Bonchev–Trinajstić information content (AvgIpc) is 3.18. The van der Waals surface area contributed by atoms with Crippen LogP contribution in [0.5, 0.6) is 11.5 Å². The van der Waals surface area contributed by atoms with Crippen molar-refractivity contribution in [2.75, 3.05) is 53.6 Å². The Kier molecular flexibility index (Phi) is 13.1. The van der Waals surface area contributed by atoms with Gasteiger partial charge in [0.05, 0.1) is 25.9 Å². The van der Waals surface area contributed by atoms with E-state index in [1.807, 2.05) is 33.0 Å². The second-order valence-corrected chi connectivity index (χ2v) is 7.22. The second kappa shape index (κ2) is 14.7. The third-order valence-corrected chi connectivity index (χ3v) is 5.23. The first-order chi connectivity index (χ1) is 14.1. The summed E-state index contributed by atoms with van der Waals surface area (Å²) in [6.45, 7) is 11.1. The smallest absolute Gasteiger partial charge is 0.191 e. The average molecular weight is 534 g/mol. The van der Waals surface area contributed by atoms with Crippen LogP contribution in [0.15, 0.2) is 23.2 Å². The SMILES string of the molecule is CCOc1ccc(C(C)NC(=NC)NCC2CCCN2CCOC)cc1OCC.I. The first-order valence-electron chi connectivity index (χ1n) is 10.7. The van der Waals surface area contributed by atoms with Crippen molar-refractivity contribution in [1.82, 2.24) is 15.5 Å². The van der Waals surface area contributed by atoms with E-state index in [4.69, 9.17) is 14.2 Å². The molecule has 0 spiro atoms. The van der Waals surface area contributed by atoms with Crippen LogP contribution in [-0.2, 0) is 4.74 Å². The van der Waals surface area contributed by atoms with Gasteiger partial charge in [0.25, 0.3) is 0 Å². The van der Waals surface area contributed by atoms with Crippen LogP contribution < -0.4 is 20.1 Å². The first-order valence-corrected chi connectivity index (χ1v) is 10.7. The molecular formula is C22H39IN4O3. The molecule has 1 aliphatic heterocycles. The van der Waals surface area contributed by atoms with Gasteiger partial charge in [-0.1, -0.05) is 6.07 Å². The Hall–Kier alpha value is -1.26. The van der Waals surface area contributed by atoms with Crippen LogP contribution in [0.2, 0.25) is 0 Å². The van der Waals surface area contributed by atoms with Crippen LogP contribution in [0.25, 0.3) is 0 Å². The van der Waals surface area contributed by atoms with Crippen LogP contribution in [0.3, 0.4) is 0 Å². The molecule has 0 aromatic heterocycles. The van der Waals surface area contributed by atoms with E-state index in [9.17, 15) is 0 Å². The number of halogens is 1. The Morgan fingerprint density at radius 1 is 1.23 bits per heavy atom. The molecule has 1 aliphatic rings. The zero-order chi connectivity index (χ0) is 21.1. The van der Waals surface area contributed by atoms with E-state index in [0.29, 0.717) is 19.3 Å². The molecule has 0 saturated carbocycles. The number of aliphatic imine (C=N–C) groups is 1. The van der Waals surface area contributed by atoms with Gasteiger partial charge in [-0.15, -0.1) is 24.0 Å². The molecule has 1 fully saturated rings. The fourth-order valence-corrected chi connectivity index (χ4v) is 3.66. The Morgan fingerprint density at radius 2 is 1.97 bits per heavy atom. The predicted molar refractivity (Wildman–Crippen MR) is 134 cm³/mol. The maximum Gasteiger partial charge on any atom is 0.191 e. The van der Waals surface area contributed by atoms with Gasteiger partial charge in [0.2, 0.25) is 0 Å². The number of likely N-dealkylation sites (tertiary alicyclic amines) is 1. The van der Waals surface area contributed by atoms with Gasteiger partial charge in [-0.2, -0.15) is 0 Å². The fraction of sp³-hybridized carbons (Fsp3) is 0.682. The van der Waals surface area contributed by atoms with Gasteiger partial charge in [-0.25, -0.2) is 0 Å². The molecule has 0 radical (unpaired) electrons. The van der Waals surface area contributed by atoms with Gasteiger partial charge in [-0.05, 0) is 57.9 Å². The van der Waals surface area contributed by atoms with Gasteiger partial charge < -0.3 is 24.8 Å². The minimum Gasteiger partial charge on any atom is -0.490 e. The molecule has 1 aromatic carbocycles. The molecule has 0 amide bonds. The van der Waals surface area contributed by atoms with Crippen LogP contribution in [0, 0.1) is 0 Å². The van der Waals surface area contributed by atoms with Crippen molar-refractivity contribution in [3.05, 3.63) is 23.8 Å². The molecule has 2 N–H and O–H groups in total. The summed E-state index contributed by atoms with van der Waals surface area (Å²) in [7, 11) is 3.57. The molecule has 2 unspecified atom stereocenters. The van der Waals surface area contributed by atoms with E-state index in [-0.39, 0.29) is 30.0 Å². The molecule has 2 rings (SSSR count). The van der Waals surface area contributed by atoms with Crippen molar-refractivity contribution in [3.8, 4) is 11.5 Å². The molecule has 1 heterocycles. The summed E-state index contributed by atoms with van der Waals surface area (Å²) in [6.07, 6.45) is 2.45. The third kappa shape index (κ3) is 8.11. The van der Waals surface area contributed by atoms with E-state index in [1.165, 1.54) is 12.8 Å². The Morgan fingerprint density at radius 3 is 2.63 bits per heavy atom. The highest BCUT2D eigenvalue weighted by atomic mass is 127. The van der Waals surface area contributed by atoms with Crippen LogP contribution >= 0.6 is 24.0 Å². The summed E-state index contributed by atoms with van der Waals surface area (Å²) in [4.78, 5) is 6.90. The summed E-state index contributed by atoms with van der Waals surface area (Å²) in [6, 6.07) is 6.70. The number of guanidine groups is 1. The lowest BCUT2D eigenvalue weighted by atomic mass is 10.1. The quantitative estimate of drug-likeness (QED) is 0.258. The van der Waals surface area contributed by atoms with E-state index in [2.05, 4.69) is 33.5 Å². The van der Waals surface area contributed by atoms with Crippen molar-refractivity contribution < 1.29 is 14.2 Å². The highest BCUT2D eigenvalue weighted by Crippen LogP contribution is 2.30. The number of benzene rings is 1. The molecule has 2 atom stereocenters. The van der Waals surface area contributed by atoms with E-state index in [0.717, 1.165) is 49.3 Å². The van der Waals surface area contributed by atoms with Gasteiger partial charge in [0.1, 0.15) is 0 Å². The standard InChI is InChI=1S/C22H38N4O3.HI/c1-6-28-20-11-10-18(15-21(20)29-7-2)17(3)25-22(23-4)24-16-19-9-8-12-26(19)13-14-27-5;/h10-11,15,17,19H,6-9,12-14,16H2,1-5H3,(H2,23,24,25);1H. The lowest BCUT2D eigenvalue weighted by Gasteiger charge is -2.26. The number of ether oxygens (including phenoxy) is 3. The zero-order valence-electron chi connectivity index (χ0n) is 19.1. The highest BCUT2D eigenvalue weighted by Gasteiger charge is 2.24. The largest absolute Gasteiger partial charge is 0.490 e. The lowest BCUT2D eigenvalue weighted by molar-refractivity contribution is 0.141. The van der Waals surface area contributed by atoms with Crippen molar-refractivity contribution in [3.63, 3.8) is 0 Å². The van der Waals surface area contributed by atoms with Crippen LogP contribution in [0.4, 0.5) is 0 Å². The monoisotopic (exact) mass is 534 g/mol. The predicted octanol–water partition coefficient (Wildman–Crippen LogP) is 3.44. The van der Waals surface area contributed by atoms with Gasteiger partial charge in [0.15, 0.2) is 17.5 Å². The molecule has 30 heavy (non-hydrogen) atoms. The highest BCUT2D eigenvalue weighted by molar-refractivity contribution is 14.0. The Bertz CT molecular complexity index is 645. The molecule has 172 valence electrons. The summed E-state index contributed by atoms with van der Waals surface area (Å²) >= 11 is 0. The summed E-state index contributed by atoms with van der Waals surface area (Å²) < 4.78 is 16.7. The van der Waals surface area contributed by atoms with Crippen molar-refractivity contribution in [1.29, 1.82) is 0 Å². The van der Waals surface area contributed by atoms with Crippen molar-refractivity contribution in [2.45, 2.75) is 45.7 Å². The van der Waals surface area contributed by atoms with E-state index in [1.54, 1.807) is 7.11 Å². The number of nitrogens with one attached hydrogen (secondary N) is 2. The lowest BCUT2D eigenvalue weighted by Crippen LogP contribution is -2.46. The van der Waals surface area contributed by atoms with E-state index < -0.39 is 0 Å². The van der Waals surface area contributed by atoms with Crippen molar-refractivity contribution >= 4 is 29.9 Å². The first kappa shape index (κ1) is 26.8. The van der Waals surface area contributed by atoms with E-state index >= 15 is 0 Å². The number of nitrogens with zero attached hydrogens (tertiary/aromatic N) is 2. The number of methoxy groups -OCH3 is 1. The molecule has 0 aliphatic carbocycles. The summed E-state index contributed by atoms with van der Waals surface area (Å²) in [5.41, 5.74) is 1.13.